The number of rotatable bonds is 7. The molecule has 0 aromatic heterocycles. The van der Waals surface area contributed by atoms with Crippen molar-refractivity contribution < 1.29 is 9.84 Å². The Balaban J connectivity index is 2.35. The Hall–Kier alpha value is -0.900. The van der Waals surface area contributed by atoms with E-state index in [2.05, 4.69) is 5.32 Å². The zero-order chi connectivity index (χ0) is 11.9. The fourth-order valence-electron chi connectivity index (χ4n) is 1.57. The molecule has 3 nitrogen and oxygen atoms in total. The van der Waals surface area contributed by atoms with Gasteiger partial charge in [0.15, 0.2) is 0 Å². The zero-order valence-electron chi connectivity index (χ0n) is 10.1. The van der Waals surface area contributed by atoms with Crippen molar-refractivity contribution in [2.24, 2.45) is 0 Å². The van der Waals surface area contributed by atoms with E-state index in [1.807, 2.05) is 37.3 Å². The highest BCUT2D eigenvalue weighted by molar-refractivity contribution is 5.21. The number of aliphatic hydroxyl groups is 1. The second kappa shape index (κ2) is 6.63. The number of hydrogen-bond donors (Lipinski definition) is 2. The van der Waals surface area contributed by atoms with Gasteiger partial charge in [-0.3, -0.25) is 0 Å². The molecule has 2 N–H and O–H groups in total. The summed E-state index contributed by atoms with van der Waals surface area (Å²) in [5.74, 6) is 0. The molecule has 0 aliphatic carbocycles. The third-order valence-electron chi connectivity index (χ3n) is 2.57. The normalized spacial score (nSPS) is 14.7. The highest BCUT2D eigenvalue weighted by Gasteiger charge is 2.21. The minimum Gasteiger partial charge on any atom is -0.385 e. The lowest BCUT2D eigenvalue weighted by Crippen LogP contribution is -2.36. The van der Waals surface area contributed by atoms with E-state index in [0.29, 0.717) is 6.54 Å². The van der Waals surface area contributed by atoms with Crippen molar-refractivity contribution in [3.05, 3.63) is 35.9 Å². The van der Waals surface area contributed by atoms with E-state index in [0.717, 1.165) is 25.1 Å². The van der Waals surface area contributed by atoms with Crippen LogP contribution in [0.5, 0.6) is 0 Å². The van der Waals surface area contributed by atoms with E-state index in [4.69, 9.17) is 4.74 Å². The zero-order valence-corrected chi connectivity index (χ0v) is 10.1. The van der Waals surface area contributed by atoms with Crippen molar-refractivity contribution in [3.8, 4) is 0 Å². The first kappa shape index (κ1) is 13.2. The minimum atomic E-state index is -0.811. The molecule has 0 amide bonds. The van der Waals surface area contributed by atoms with E-state index in [-0.39, 0.29) is 0 Å². The van der Waals surface area contributed by atoms with Crippen LogP contribution in [-0.2, 0) is 10.3 Å². The van der Waals surface area contributed by atoms with Crippen LogP contribution in [0.4, 0.5) is 0 Å². The summed E-state index contributed by atoms with van der Waals surface area (Å²) in [6.45, 7) is 3.99. The molecule has 0 bridgehead atoms. The molecule has 1 aromatic rings. The minimum absolute atomic E-state index is 0.556. The van der Waals surface area contributed by atoms with Gasteiger partial charge in [0.1, 0.15) is 0 Å². The summed E-state index contributed by atoms with van der Waals surface area (Å²) in [6, 6.07) is 9.71. The molecule has 0 aliphatic heterocycles. The van der Waals surface area contributed by atoms with Gasteiger partial charge < -0.3 is 15.2 Å². The molecule has 0 saturated carbocycles. The van der Waals surface area contributed by atoms with Gasteiger partial charge >= 0.3 is 0 Å². The Morgan fingerprint density at radius 1 is 1.31 bits per heavy atom. The lowest BCUT2D eigenvalue weighted by molar-refractivity contribution is 0.0564. The number of methoxy groups -OCH3 is 1. The lowest BCUT2D eigenvalue weighted by atomic mass is 9.96. The molecule has 0 aliphatic rings. The third-order valence-corrected chi connectivity index (χ3v) is 2.57. The molecule has 0 saturated heterocycles. The SMILES string of the molecule is COCCCNCC(C)(O)c1ccccc1. The van der Waals surface area contributed by atoms with Crippen LogP contribution in [0.2, 0.25) is 0 Å². The highest BCUT2D eigenvalue weighted by atomic mass is 16.5. The van der Waals surface area contributed by atoms with Crippen molar-refractivity contribution in [2.75, 3.05) is 26.8 Å². The maximum absolute atomic E-state index is 10.2. The van der Waals surface area contributed by atoms with Gasteiger partial charge in [0.05, 0.1) is 5.60 Å². The standard InChI is InChI=1S/C13H21NO2/c1-13(15,11-14-9-6-10-16-2)12-7-4-3-5-8-12/h3-5,7-8,14-15H,6,9-11H2,1-2H3. The predicted octanol–water partition coefficient (Wildman–Crippen LogP) is 1.52. The quantitative estimate of drug-likeness (QED) is 0.689. The monoisotopic (exact) mass is 223 g/mol. The van der Waals surface area contributed by atoms with Crippen LogP contribution in [0, 0.1) is 0 Å². The lowest BCUT2D eigenvalue weighted by Gasteiger charge is -2.24. The van der Waals surface area contributed by atoms with Crippen molar-refractivity contribution in [1.29, 1.82) is 0 Å². The fourth-order valence-corrected chi connectivity index (χ4v) is 1.57. The van der Waals surface area contributed by atoms with Crippen LogP contribution in [0.1, 0.15) is 18.9 Å². The molecular weight excluding hydrogens is 202 g/mol. The van der Waals surface area contributed by atoms with E-state index in [1.54, 1.807) is 7.11 Å². The Morgan fingerprint density at radius 3 is 2.62 bits per heavy atom. The molecule has 0 radical (unpaired) electrons. The van der Waals surface area contributed by atoms with E-state index in [1.165, 1.54) is 0 Å². The topological polar surface area (TPSA) is 41.5 Å². The van der Waals surface area contributed by atoms with Gasteiger partial charge in [-0.2, -0.15) is 0 Å². The Bertz CT molecular complexity index is 285. The third kappa shape index (κ3) is 4.31. The maximum Gasteiger partial charge on any atom is 0.0992 e. The Morgan fingerprint density at radius 2 is 2.00 bits per heavy atom. The van der Waals surface area contributed by atoms with Crippen molar-refractivity contribution >= 4 is 0 Å². The molecule has 1 rings (SSSR count). The summed E-state index contributed by atoms with van der Waals surface area (Å²) in [5.41, 5.74) is 0.128. The average molecular weight is 223 g/mol. The van der Waals surface area contributed by atoms with Crippen molar-refractivity contribution in [1.82, 2.24) is 5.32 Å². The molecule has 1 aromatic carbocycles. The fraction of sp³-hybridized carbons (Fsp3) is 0.538. The number of hydrogen-bond acceptors (Lipinski definition) is 3. The van der Waals surface area contributed by atoms with Gasteiger partial charge in [0.25, 0.3) is 0 Å². The molecular formula is C13H21NO2. The van der Waals surface area contributed by atoms with Gasteiger partial charge in [0.2, 0.25) is 0 Å². The summed E-state index contributed by atoms with van der Waals surface area (Å²) in [7, 11) is 1.69. The van der Waals surface area contributed by atoms with Gasteiger partial charge in [-0.1, -0.05) is 30.3 Å². The number of nitrogens with one attached hydrogen (secondary N) is 1. The number of ether oxygens (including phenoxy) is 1. The second-order valence-electron chi connectivity index (χ2n) is 4.16. The van der Waals surface area contributed by atoms with Crippen LogP contribution in [0.15, 0.2) is 30.3 Å². The van der Waals surface area contributed by atoms with Gasteiger partial charge in [-0.05, 0) is 25.5 Å². The van der Waals surface area contributed by atoms with Crippen LogP contribution in [-0.4, -0.2) is 31.9 Å². The van der Waals surface area contributed by atoms with E-state index < -0.39 is 5.60 Å². The first-order valence-corrected chi connectivity index (χ1v) is 5.64. The van der Waals surface area contributed by atoms with Gasteiger partial charge in [0, 0.05) is 20.3 Å². The molecule has 1 unspecified atom stereocenters. The van der Waals surface area contributed by atoms with Crippen molar-refractivity contribution in [2.45, 2.75) is 18.9 Å². The maximum atomic E-state index is 10.2. The summed E-state index contributed by atoms with van der Waals surface area (Å²) in [5, 5.41) is 13.5. The Labute approximate surface area is 97.4 Å². The van der Waals surface area contributed by atoms with Gasteiger partial charge in [-0.25, -0.2) is 0 Å². The largest absolute Gasteiger partial charge is 0.385 e. The first-order chi connectivity index (χ1) is 7.67. The van der Waals surface area contributed by atoms with Crippen LogP contribution >= 0.6 is 0 Å². The first-order valence-electron chi connectivity index (χ1n) is 5.64. The molecule has 3 heteroatoms. The van der Waals surface area contributed by atoms with Crippen molar-refractivity contribution in [3.63, 3.8) is 0 Å². The second-order valence-corrected chi connectivity index (χ2v) is 4.16. The molecule has 0 heterocycles. The van der Waals surface area contributed by atoms with Crippen LogP contribution < -0.4 is 5.32 Å². The van der Waals surface area contributed by atoms with Crippen LogP contribution in [0.25, 0.3) is 0 Å². The van der Waals surface area contributed by atoms with Gasteiger partial charge in [-0.15, -0.1) is 0 Å². The molecule has 16 heavy (non-hydrogen) atoms. The average Bonchev–Trinajstić information content (AvgIpc) is 2.30. The summed E-state index contributed by atoms with van der Waals surface area (Å²) in [4.78, 5) is 0. The van der Waals surface area contributed by atoms with E-state index >= 15 is 0 Å². The van der Waals surface area contributed by atoms with Crippen LogP contribution in [0.3, 0.4) is 0 Å². The summed E-state index contributed by atoms with van der Waals surface area (Å²) < 4.78 is 4.96. The molecule has 1 atom stereocenters. The summed E-state index contributed by atoms with van der Waals surface area (Å²) >= 11 is 0. The van der Waals surface area contributed by atoms with E-state index in [9.17, 15) is 5.11 Å². The molecule has 90 valence electrons. The number of benzene rings is 1. The predicted molar refractivity (Wildman–Crippen MR) is 65.4 cm³/mol. The molecule has 0 fully saturated rings. The smallest absolute Gasteiger partial charge is 0.0992 e. The Kier molecular flexibility index (Phi) is 5.46. The molecule has 0 spiro atoms. The summed E-state index contributed by atoms with van der Waals surface area (Å²) in [6.07, 6.45) is 0.960. The highest BCUT2D eigenvalue weighted by Crippen LogP contribution is 2.18.